The van der Waals surface area contributed by atoms with E-state index in [4.69, 9.17) is 0 Å². The Hall–Kier alpha value is -3.67. The van der Waals surface area contributed by atoms with Gasteiger partial charge in [-0.15, -0.1) is 5.10 Å². The molecule has 0 aliphatic heterocycles. The molecule has 0 unspecified atom stereocenters. The van der Waals surface area contributed by atoms with Gasteiger partial charge in [-0.1, -0.05) is 65.9 Å². The first-order chi connectivity index (χ1) is 14.6. The van der Waals surface area contributed by atoms with Gasteiger partial charge in [-0.05, 0) is 30.0 Å². The molecular formula is C24H25N5O. The van der Waals surface area contributed by atoms with Crippen LogP contribution in [0.15, 0.2) is 72.9 Å². The van der Waals surface area contributed by atoms with E-state index in [2.05, 4.69) is 40.0 Å². The highest BCUT2D eigenvalue weighted by Crippen LogP contribution is 2.19. The van der Waals surface area contributed by atoms with Crippen molar-refractivity contribution in [3.05, 3.63) is 89.9 Å². The molecule has 0 saturated carbocycles. The van der Waals surface area contributed by atoms with Crippen LogP contribution in [0.3, 0.4) is 0 Å². The predicted molar refractivity (Wildman–Crippen MR) is 119 cm³/mol. The van der Waals surface area contributed by atoms with Crippen molar-refractivity contribution in [3.8, 4) is 0 Å². The van der Waals surface area contributed by atoms with Gasteiger partial charge in [0.2, 0.25) is 0 Å². The van der Waals surface area contributed by atoms with Crippen LogP contribution in [0.2, 0.25) is 0 Å². The lowest BCUT2D eigenvalue weighted by atomic mass is 10.2. The molecule has 0 aliphatic rings. The summed E-state index contributed by atoms with van der Waals surface area (Å²) in [6.07, 6.45) is 5.73. The quantitative estimate of drug-likeness (QED) is 0.472. The molecule has 2 aromatic heterocycles. The lowest BCUT2D eigenvalue weighted by molar-refractivity contribution is 0.0784. The molecule has 0 N–H and O–H groups in total. The summed E-state index contributed by atoms with van der Waals surface area (Å²) >= 11 is 0. The maximum Gasteiger partial charge on any atom is 0.275 e. The van der Waals surface area contributed by atoms with Crippen molar-refractivity contribution in [2.45, 2.75) is 20.0 Å². The Morgan fingerprint density at radius 1 is 1.10 bits per heavy atom. The second-order valence-corrected chi connectivity index (χ2v) is 7.36. The average molecular weight is 399 g/mol. The van der Waals surface area contributed by atoms with Crippen LogP contribution in [-0.2, 0) is 13.1 Å². The van der Waals surface area contributed by atoms with E-state index in [0.29, 0.717) is 18.8 Å². The number of nitrogens with zero attached hydrogens (tertiary/aromatic N) is 5. The Balaban J connectivity index is 1.36. The second kappa shape index (κ2) is 8.78. The largest absolute Gasteiger partial charge is 0.343 e. The van der Waals surface area contributed by atoms with Crippen molar-refractivity contribution >= 4 is 22.9 Å². The molecule has 0 atom stereocenters. The molecular weight excluding hydrogens is 374 g/mol. The number of aromatic nitrogens is 4. The van der Waals surface area contributed by atoms with E-state index in [-0.39, 0.29) is 5.91 Å². The monoisotopic (exact) mass is 399 g/mol. The van der Waals surface area contributed by atoms with Crippen molar-refractivity contribution in [2.75, 3.05) is 13.6 Å². The standard InChI is InChI=1S/C24H25N5O/c1-19-17-21-12-6-7-13-23(21)29(19)16-15-27(2)24(30)22-18-28(26-25-22)14-8-11-20-9-4-3-5-10-20/h3-13,17-18H,14-16H2,1-2H3/b11-8+. The van der Waals surface area contributed by atoms with E-state index in [0.717, 1.165) is 12.1 Å². The number of hydrogen-bond donors (Lipinski definition) is 0. The van der Waals surface area contributed by atoms with Crippen LogP contribution in [0.5, 0.6) is 0 Å². The number of fused-ring (bicyclic) bond motifs is 1. The van der Waals surface area contributed by atoms with E-state index in [9.17, 15) is 4.79 Å². The number of aryl methyl sites for hydroxylation is 1. The fourth-order valence-corrected chi connectivity index (χ4v) is 3.54. The highest BCUT2D eigenvalue weighted by Gasteiger charge is 2.16. The van der Waals surface area contributed by atoms with Crippen LogP contribution >= 0.6 is 0 Å². The third kappa shape index (κ3) is 4.33. The van der Waals surface area contributed by atoms with E-state index in [1.165, 1.54) is 16.6 Å². The summed E-state index contributed by atoms with van der Waals surface area (Å²) < 4.78 is 3.91. The van der Waals surface area contributed by atoms with Crippen LogP contribution in [0, 0.1) is 6.92 Å². The number of rotatable bonds is 7. The summed E-state index contributed by atoms with van der Waals surface area (Å²) in [4.78, 5) is 14.4. The molecule has 0 radical (unpaired) electrons. The number of amides is 1. The average Bonchev–Trinajstić information content (AvgIpc) is 3.36. The Morgan fingerprint density at radius 3 is 2.70 bits per heavy atom. The van der Waals surface area contributed by atoms with Crippen molar-refractivity contribution in [1.29, 1.82) is 0 Å². The number of carbonyl (C=O) groups excluding carboxylic acids is 1. The molecule has 0 aliphatic carbocycles. The highest BCUT2D eigenvalue weighted by atomic mass is 16.2. The van der Waals surface area contributed by atoms with Crippen LogP contribution in [-0.4, -0.2) is 44.0 Å². The molecule has 0 spiro atoms. The molecule has 6 nitrogen and oxygen atoms in total. The first-order valence-corrected chi connectivity index (χ1v) is 10.0. The summed E-state index contributed by atoms with van der Waals surface area (Å²) in [6, 6.07) is 20.5. The summed E-state index contributed by atoms with van der Waals surface area (Å²) in [5, 5.41) is 9.35. The topological polar surface area (TPSA) is 56.0 Å². The summed E-state index contributed by atoms with van der Waals surface area (Å²) in [5.74, 6) is -0.123. The first-order valence-electron chi connectivity index (χ1n) is 10.0. The molecule has 30 heavy (non-hydrogen) atoms. The fraction of sp³-hybridized carbons (Fsp3) is 0.208. The smallest absolute Gasteiger partial charge is 0.275 e. The molecule has 0 fully saturated rings. The molecule has 1 amide bonds. The zero-order chi connectivity index (χ0) is 20.9. The van der Waals surface area contributed by atoms with E-state index in [1.807, 2.05) is 54.6 Å². The number of allylic oxidation sites excluding steroid dienone is 1. The van der Waals surface area contributed by atoms with Crippen molar-refractivity contribution in [1.82, 2.24) is 24.5 Å². The van der Waals surface area contributed by atoms with E-state index >= 15 is 0 Å². The maximum atomic E-state index is 12.7. The van der Waals surface area contributed by atoms with Gasteiger partial charge in [0.1, 0.15) is 0 Å². The van der Waals surface area contributed by atoms with Crippen molar-refractivity contribution in [3.63, 3.8) is 0 Å². The minimum absolute atomic E-state index is 0.123. The number of para-hydroxylation sites is 1. The third-order valence-electron chi connectivity index (χ3n) is 5.18. The zero-order valence-electron chi connectivity index (χ0n) is 17.3. The fourth-order valence-electron chi connectivity index (χ4n) is 3.54. The third-order valence-corrected chi connectivity index (χ3v) is 5.18. The number of benzene rings is 2. The number of carbonyl (C=O) groups is 1. The molecule has 152 valence electrons. The Labute approximate surface area is 176 Å². The predicted octanol–water partition coefficient (Wildman–Crippen LogP) is 4.03. The van der Waals surface area contributed by atoms with Crippen LogP contribution in [0.25, 0.3) is 17.0 Å². The van der Waals surface area contributed by atoms with E-state index < -0.39 is 0 Å². The normalized spacial score (nSPS) is 11.4. The van der Waals surface area contributed by atoms with Gasteiger partial charge in [0, 0.05) is 31.3 Å². The summed E-state index contributed by atoms with van der Waals surface area (Å²) in [7, 11) is 1.80. The van der Waals surface area contributed by atoms with Gasteiger partial charge in [-0.2, -0.15) is 0 Å². The van der Waals surface area contributed by atoms with Crippen molar-refractivity contribution in [2.24, 2.45) is 0 Å². The molecule has 4 aromatic rings. The Kier molecular flexibility index (Phi) is 5.75. The molecule has 6 heteroatoms. The van der Waals surface area contributed by atoms with Gasteiger partial charge in [-0.3, -0.25) is 4.79 Å². The van der Waals surface area contributed by atoms with Crippen LogP contribution in [0.4, 0.5) is 0 Å². The van der Waals surface area contributed by atoms with Crippen LogP contribution < -0.4 is 0 Å². The summed E-state index contributed by atoms with van der Waals surface area (Å²) in [6.45, 7) is 3.98. The second-order valence-electron chi connectivity index (χ2n) is 7.36. The van der Waals surface area contributed by atoms with Gasteiger partial charge in [-0.25, -0.2) is 4.68 Å². The minimum atomic E-state index is -0.123. The summed E-state index contributed by atoms with van der Waals surface area (Å²) in [5.41, 5.74) is 3.86. The molecule has 4 rings (SSSR count). The number of likely N-dealkylation sites (N-methyl/N-ethyl adjacent to an activating group) is 1. The number of hydrogen-bond acceptors (Lipinski definition) is 3. The van der Waals surface area contributed by atoms with Gasteiger partial charge in [0.05, 0.1) is 12.7 Å². The van der Waals surface area contributed by atoms with Gasteiger partial charge in [0.15, 0.2) is 5.69 Å². The molecule has 2 aromatic carbocycles. The van der Waals surface area contributed by atoms with Gasteiger partial charge < -0.3 is 9.47 Å². The minimum Gasteiger partial charge on any atom is -0.343 e. The Morgan fingerprint density at radius 2 is 1.87 bits per heavy atom. The maximum absolute atomic E-state index is 12.7. The van der Waals surface area contributed by atoms with E-state index in [1.54, 1.807) is 22.8 Å². The molecule has 2 heterocycles. The van der Waals surface area contributed by atoms with Crippen LogP contribution in [0.1, 0.15) is 21.7 Å². The Bertz CT molecular complexity index is 1170. The van der Waals surface area contributed by atoms with Gasteiger partial charge in [0.25, 0.3) is 5.91 Å². The first kappa shape index (κ1) is 19.6. The molecule has 0 bridgehead atoms. The van der Waals surface area contributed by atoms with Crippen molar-refractivity contribution < 1.29 is 4.79 Å². The van der Waals surface area contributed by atoms with Gasteiger partial charge >= 0.3 is 0 Å². The zero-order valence-corrected chi connectivity index (χ0v) is 17.3. The highest BCUT2D eigenvalue weighted by molar-refractivity contribution is 5.91. The SMILES string of the molecule is Cc1cc2ccccc2n1CCN(C)C(=O)c1cn(C/C=C/c2ccccc2)nn1. The molecule has 0 saturated heterocycles. The lowest BCUT2D eigenvalue weighted by Crippen LogP contribution is -2.30. The lowest BCUT2D eigenvalue weighted by Gasteiger charge is -2.17.